The monoisotopic (exact) mass is 196 g/mol. The minimum absolute atomic E-state index is 0.459. The van der Waals surface area contributed by atoms with E-state index in [9.17, 15) is 0 Å². The molecule has 0 amide bonds. The fourth-order valence-corrected chi connectivity index (χ4v) is 1.08. The molecular weight excluding hydrogens is 180 g/mol. The van der Waals surface area contributed by atoms with Crippen molar-refractivity contribution in [1.82, 2.24) is 10.3 Å². The second-order valence-corrected chi connectivity index (χ2v) is 2.84. The maximum absolute atomic E-state index is 5.53. The predicted molar refractivity (Wildman–Crippen MR) is 57.6 cm³/mol. The first-order valence-electron chi connectivity index (χ1n) is 4.46. The molecule has 0 fully saturated rings. The van der Waals surface area contributed by atoms with Gasteiger partial charge in [-0.2, -0.15) is 0 Å². The van der Waals surface area contributed by atoms with E-state index in [2.05, 4.69) is 15.6 Å². The molecule has 5 nitrogen and oxygen atoms in total. The molecule has 0 aliphatic heterocycles. The summed E-state index contributed by atoms with van der Waals surface area (Å²) in [6.45, 7) is 1.70. The van der Waals surface area contributed by atoms with E-state index in [4.69, 9.17) is 10.5 Å². The van der Waals surface area contributed by atoms with Gasteiger partial charge in [0, 0.05) is 19.2 Å². The van der Waals surface area contributed by atoms with E-state index in [1.807, 2.05) is 7.05 Å². The fraction of sp³-hybridized carbons (Fsp3) is 0.444. The number of nitrogens with one attached hydrogen (secondary N) is 2. The predicted octanol–water partition coefficient (Wildman–Crippen LogP) is 0.304. The Morgan fingerprint density at radius 3 is 2.93 bits per heavy atom. The first kappa shape index (κ1) is 10.6. The molecule has 0 radical (unpaired) electrons. The second kappa shape index (κ2) is 5.29. The van der Waals surface area contributed by atoms with Gasteiger partial charge in [0.15, 0.2) is 0 Å². The molecule has 0 atom stereocenters. The van der Waals surface area contributed by atoms with Crippen molar-refractivity contribution in [3.63, 3.8) is 0 Å². The van der Waals surface area contributed by atoms with Crippen molar-refractivity contribution in [3.05, 3.63) is 12.3 Å². The van der Waals surface area contributed by atoms with Crippen molar-refractivity contribution in [2.24, 2.45) is 0 Å². The SMILES string of the molecule is CNCCNc1cnc(N)cc1OC. The summed E-state index contributed by atoms with van der Waals surface area (Å²) in [5.74, 6) is 1.18. The van der Waals surface area contributed by atoms with Crippen LogP contribution in [-0.2, 0) is 0 Å². The zero-order valence-electron chi connectivity index (χ0n) is 8.50. The molecular formula is C9H16N4O. The number of anilines is 2. The third kappa shape index (κ3) is 2.77. The molecule has 1 aromatic heterocycles. The lowest BCUT2D eigenvalue weighted by atomic mass is 10.3. The molecule has 1 rings (SSSR count). The number of hydrogen-bond donors (Lipinski definition) is 3. The van der Waals surface area contributed by atoms with Crippen molar-refractivity contribution in [1.29, 1.82) is 0 Å². The van der Waals surface area contributed by atoms with Gasteiger partial charge in [-0.1, -0.05) is 0 Å². The highest BCUT2D eigenvalue weighted by molar-refractivity contribution is 5.58. The summed E-state index contributed by atoms with van der Waals surface area (Å²) >= 11 is 0. The number of nitrogen functional groups attached to an aromatic ring is 1. The number of hydrogen-bond acceptors (Lipinski definition) is 5. The molecule has 78 valence electrons. The number of likely N-dealkylation sites (N-methyl/N-ethyl adjacent to an activating group) is 1. The van der Waals surface area contributed by atoms with Gasteiger partial charge in [0.25, 0.3) is 0 Å². The highest BCUT2D eigenvalue weighted by Gasteiger charge is 2.02. The normalized spacial score (nSPS) is 9.86. The van der Waals surface area contributed by atoms with Crippen LogP contribution in [0.3, 0.4) is 0 Å². The van der Waals surface area contributed by atoms with Gasteiger partial charge in [-0.15, -0.1) is 0 Å². The molecule has 0 unspecified atom stereocenters. The topological polar surface area (TPSA) is 72.2 Å². The Labute approximate surface area is 83.7 Å². The maximum Gasteiger partial charge on any atom is 0.147 e. The Morgan fingerprint density at radius 1 is 1.50 bits per heavy atom. The molecule has 0 aliphatic carbocycles. The van der Waals surface area contributed by atoms with Crippen LogP contribution in [0, 0.1) is 0 Å². The van der Waals surface area contributed by atoms with Crippen molar-refractivity contribution in [2.45, 2.75) is 0 Å². The van der Waals surface area contributed by atoms with E-state index >= 15 is 0 Å². The van der Waals surface area contributed by atoms with Gasteiger partial charge >= 0.3 is 0 Å². The number of nitrogens with two attached hydrogens (primary N) is 1. The quantitative estimate of drug-likeness (QED) is 0.591. The average molecular weight is 196 g/mol. The highest BCUT2D eigenvalue weighted by Crippen LogP contribution is 2.24. The van der Waals surface area contributed by atoms with Crippen LogP contribution in [-0.4, -0.2) is 32.2 Å². The summed E-state index contributed by atoms with van der Waals surface area (Å²) in [5, 5.41) is 6.23. The van der Waals surface area contributed by atoms with Crippen LogP contribution < -0.4 is 21.1 Å². The van der Waals surface area contributed by atoms with Gasteiger partial charge in [-0.05, 0) is 7.05 Å². The largest absolute Gasteiger partial charge is 0.494 e. The molecule has 0 aliphatic rings. The summed E-state index contributed by atoms with van der Waals surface area (Å²) < 4.78 is 5.15. The van der Waals surface area contributed by atoms with E-state index in [0.717, 1.165) is 18.8 Å². The smallest absolute Gasteiger partial charge is 0.147 e. The maximum atomic E-state index is 5.53. The van der Waals surface area contributed by atoms with Gasteiger partial charge in [0.2, 0.25) is 0 Å². The zero-order chi connectivity index (χ0) is 10.4. The van der Waals surface area contributed by atoms with Gasteiger partial charge in [0.05, 0.1) is 19.0 Å². The second-order valence-electron chi connectivity index (χ2n) is 2.84. The summed E-state index contributed by atoms with van der Waals surface area (Å²) in [7, 11) is 3.51. The van der Waals surface area contributed by atoms with E-state index in [1.165, 1.54) is 0 Å². The summed E-state index contributed by atoms with van der Waals surface area (Å²) in [5.41, 5.74) is 6.38. The Kier molecular flexibility index (Phi) is 4.00. The van der Waals surface area contributed by atoms with E-state index in [0.29, 0.717) is 11.6 Å². The van der Waals surface area contributed by atoms with E-state index < -0.39 is 0 Å². The van der Waals surface area contributed by atoms with Crippen LogP contribution in [0.4, 0.5) is 11.5 Å². The fourth-order valence-electron chi connectivity index (χ4n) is 1.08. The third-order valence-corrected chi connectivity index (χ3v) is 1.80. The van der Waals surface area contributed by atoms with Gasteiger partial charge in [-0.3, -0.25) is 0 Å². The molecule has 1 heterocycles. The van der Waals surface area contributed by atoms with Crippen LogP contribution in [0.1, 0.15) is 0 Å². The highest BCUT2D eigenvalue weighted by atomic mass is 16.5. The molecule has 5 heteroatoms. The standard InChI is InChI=1S/C9H16N4O/c1-11-3-4-12-7-6-13-9(10)5-8(7)14-2/h5-6,11-12H,3-4H2,1-2H3,(H2,10,13). The van der Waals surface area contributed by atoms with Crippen LogP contribution in [0.15, 0.2) is 12.3 Å². The molecule has 14 heavy (non-hydrogen) atoms. The number of ether oxygens (including phenoxy) is 1. The van der Waals surface area contributed by atoms with Crippen LogP contribution in [0.2, 0.25) is 0 Å². The van der Waals surface area contributed by atoms with Crippen LogP contribution in [0.5, 0.6) is 5.75 Å². The van der Waals surface area contributed by atoms with Gasteiger partial charge in [-0.25, -0.2) is 4.98 Å². The van der Waals surface area contributed by atoms with Crippen molar-refractivity contribution in [2.75, 3.05) is 38.3 Å². The van der Waals surface area contributed by atoms with Crippen molar-refractivity contribution >= 4 is 11.5 Å². The average Bonchev–Trinajstić information content (AvgIpc) is 2.20. The number of aromatic nitrogens is 1. The minimum atomic E-state index is 0.459. The van der Waals surface area contributed by atoms with E-state index in [-0.39, 0.29) is 0 Å². The summed E-state index contributed by atoms with van der Waals surface area (Å²) in [4.78, 5) is 3.98. The number of methoxy groups -OCH3 is 1. The first-order chi connectivity index (χ1) is 6.77. The lowest BCUT2D eigenvalue weighted by Crippen LogP contribution is -2.18. The number of nitrogens with zero attached hydrogens (tertiary/aromatic N) is 1. The molecule has 4 N–H and O–H groups in total. The molecule has 0 aromatic carbocycles. The molecule has 0 spiro atoms. The Balaban J connectivity index is 2.65. The third-order valence-electron chi connectivity index (χ3n) is 1.80. The molecule has 1 aromatic rings. The Hall–Kier alpha value is -1.49. The number of rotatable bonds is 5. The first-order valence-corrected chi connectivity index (χ1v) is 4.46. The minimum Gasteiger partial charge on any atom is -0.494 e. The van der Waals surface area contributed by atoms with Gasteiger partial charge in [0.1, 0.15) is 11.6 Å². The lowest BCUT2D eigenvalue weighted by molar-refractivity contribution is 0.416. The van der Waals surface area contributed by atoms with Crippen molar-refractivity contribution in [3.8, 4) is 5.75 Å². The zero-order valence-corrected chi connectivity index (χ0v) is 8.50. The Bertz CT molecular complexity index is 290. The molecule has 0 saturated heterocycles. The summed E-state index contributed by atoms with van der Waals surface area (Å²) in [6.07, 6.45) is 1.67. The van der Waals surface area contributed by atoms with Crippen molar-refractivity contribution < 1.29 is 4.74 Å². The lowest BCUT2D eigenvalue weighted by Gasteiger charge is -2.10. The molecule has 0 bridgehead atoms. The molecule has 0 saturated carbocycles. The summed E-state index contributed by atoms with van der Waals surface area (Å²) in [6, 6.07) is 1.70. The Morgan fingerprint density at radius 2 is 2.29 bits per heavy atom. The number of pyridine rings is 1. The van der Waals surface area contributed by atoms with Gasteiger partial charge < -0.3 is 21.1 Å². The van der Waals surface area contributed by atoms with Crippen LogP contribution >= 0.6 is 0 Å². The van der Waals surface area contributed by atoms with E-state index in [1.54, 1.807) is 19.4 Å². The van der Waals surface area contributed by atoms with Crippen LogP contribution in [0.25, 0.3) is 0 Å².